The minimum atomic E-state index is -0.343. The van der Waals surface area contributed by atoms with E-state index < -0.39 is 0 Å². The average molecular weight is 326 g/mol. The molecule has 2 aromatic rings. The van der Waals surface area contributed by atoms with Crippen LogP contribution < -0.4 is 5.32 Å². The molecule has 0 aliphatic rings. The van der Waals surface area contributed by atoms with Crippen molar-refractivity contribution in [2.75, 3.05) is 13.2 Å². The lowest BCUT2D eigenvalue weighted by Crippen LogP contribution is -2.31. The minimum Gasteiger partial charge on any atom is -0.467 e. The summed E-state index contributed by atoms with van der Waals surface area (Å²) in [7, 11) is 0. The van der Waals surface area contributed by atoms with Gasteiger partial charge in [-0.15, -0.1) is 0 Å². The first-order chi connectivity index (χ1) is 11.6. The Bertz CT molecular complexity index is 670. The molecule has 1 N–H and O–H groups in total. The first kappa shape index (κ1) is 17.8. The second-order valence-corrected chi connectivity index (χ2v) is 6.00. The van der Waals surface area contributed by atoms with Crippen molar-refractivity contribution >= 4 is 5.91 Å². The largest absolute Gasteiger partial charge is 0.467 e. The summed E-state index contributed by atoms with van der Waals surface area (Å²) < 4.78 is 11.1. The average Bonchev–Trinajstić information content (AvgIpc) is 3.09. The van der Waals surface area contributed by atoms with Crippen molar-refractivity contribution in [1.82, 2.24) is 5.32 Å². The van der Waals surface area contributed by atoms with E-state index in [-0.39, 0.29) is 11.9 Å². The quantitative estimate of drug-likeness (QED) is 0.805. The van der Waals surface area contributed by atoms with E-state index in [1.807, 2.05) is 6.07 Å². The van der Waals surface area contributed by atoms with Gasteiger partial charge in [0.1, 0.15) is 11.8 Å². The Labute approximate surface area is 142 Å². The maximum Gasteiger partial charge on any atom is 0.251 e. The summed E-state index contributed by atoms with van der Waals surface area (Å²) in [5.74, 6) is 0.881. The number of rotatable bonds is 8. The molecule has 5 nitrogen and oxygen atoms in total. The molecule has 0 fully saturated rings. The molecule has 0 radical (unpaired) electrons. The SMILES string of the molecule is CC(C)COCC(NC(=O)c1ccc(CC#N)cc1)c1ccco1. The summed E-state index contributed by atoms with van der Waals surface area (Å²) in [4.78, 5) is 12.4. The Morgan fingerprint density at radius 3 is 2.58 bits per heavy atom. The van der Waals surface area contributed by atoms with Crippen LogP contribution in [-0.4, -0.2) is 19.1 Å². The van der Waals surface area contributed by atoms with E-state index in [9.17, 15) is 4.79 Å². The Morgan fingerprint density at radius 1 is 1.25 bits per heavy atom. The Morgan fingerprint density at radius 2 is 2.00 bits per heavy atom. The van der Waals surface area contributed by atoms with E-state index in [0.717, 1.165) is 5.56 Å². The maximum absolute atomic E-state index is 12.4. The van der Waals surface area contributed by atoms with E-state index in [1.165, 1.54) is 0 Å². The highest BCUT2D eigenvalue weighted by molar-refractivity contribution is 5.94. The van der Waals surface area contributed by atoms with Crippen LogP contribution in [0.15, 0.2) is 47.1 Å². The van der Waals surface area contributed by atoms with Gasteiger partial charge in [-0.1, -0.05) is 26.0 Å². The molecule has 1 aromatic carbocycles. The molecule has 1 unspecified atom stereocenters. The number of hydrogen-bond donors (Lipinski definition) is 1. The van der Waals surface area contributed by atoms with Gasteiger partial charge in [0.05, 0.1) is 25.4 Å². The zero-order chi connectivity index (χ0) is 17.4. The molecular formula is C19H22N2O3. The molecule has 24 heavy (non-hydrogen) atoms. The third-order valence-corrected chi connectivity index (χ3v) is 3.43. The molecule has 1 heterocycles. The molecule has 1 aromatic heterocycles. The van der Waals surface area contributed by atoms with Gasteiger partial charge in [-0.05, 0) is 35.7 Å². The summed E-state index contributed by atoms with van der Waals surface area (Å²) in [6.45, 7) is 5.12. The van der Waals surface area contributed by atoms with E-state index in [0.29, 0.717) is 36.9 Å². The summed E-state index contributed by atoms with van der Waals surface area (Å²) in [5.41, 5.74) is 1.43. The van der Waals surface area contributed by atoms with Gasteiger partial charge in [-0.3, -0.25) is 4.79 Å². The highest BCUT2D eigenvalue weighted by Crippen LogP contribution is 2.16. The third kappa shape index (κ3) is 5.25. The Kier molecular flexibility index (Phi) is 6.59. The van der Waals surface area contributed by atoms with Gasteiger partial charge in [0, 0.05) is 12.2 Å². The molecule has 0 saturated heterocycles. The van der Waals surface area contributed by atoms with E-state index in [1.54, 1.807) is 36.6 Å². The predicted molar refractivity (Wildman–Crippen MR) is 90.3 cm³/mol. The van der Waals surface area contributed by atoms with Gasteiger partial charge in [0.25, 0.3) is 5.91 Å². The van der Waals surface area contributed by atoms with Crippen LogP contribution in [-0.2, 0) is 11.2 Å². The van der Waals surface area contributed by atoms with E-state index >= 15 is 0 Å². The summed E-state index contributed by atoms with van der Waals surface area (Å²) in [5, 5.41) is 11.6. The lowest BCUT2D eigenvalue weighted by atomic mass is 10.1. The van der Waals surface area contributed by atoms with Crippen molar-refractivity contribution in [3.63, 3.8) is 0 Å². The minimum absolute atomic E-state index is 0.201. The number of amides is 1. The van der Waals surface area contributed by atoms with Crippen molar-refractivity contribution in [3.05, 3.63) is 59.5 Å². The maximum atomic E-state index is 12.4. The topological polar surface area (TPSA) is 75.3 Å². The molecule has 0 aliphatic heterocycles. The van der Waals surface area contributed by atoms with Gasteiger partial charge in [-0.2, -0.15) is 5.26 Å². The third-order valence-electron chi connectivity index (χ3n) is 3.43. The second-order valence-electron chi connectivity index (χ2n) is 6.00. The van der Waals surface area contributed by atoms with Crippen molar-refractivity contribution in [3.8, 4) is 6.07 Å². The molecular weight excluding hydrogens is 304 g/mol. The van der Waals surface area contributed by atoms with E-state index in [2.05, 4.69) is 25.2 Å². The molecule has 1 amide bonds. The van der Waals surface area contributed by atoms with Crippen molar-refractivity contribution < 1.29 is 13.9 Å². The molecule has 0 saturated carbocycles. The van der Waals surface area contributed by atoms with Crippen LogP contribution in [0.4, 0.5) is 0 Å². The van der Waals surface area contributed by atoms with Crippen molar-refractivity contribution in [1.29, 1.82) is 5.26 Å². The smallest absolute Gasteiger partial charge is 0.251 e. The number of furan rings is 1. The molecule has 5 heteroatoms. The fourth-order valence-corrected chi connectivity index (χ4v) is 2.21. The number of benzene rings is 1. The van der Waals surface area contributed by atoms with Gasteiger partial charge in [0.15, 0.2) is 0 Å². The van der Waals surface area contributed by atoms with Crippen LogP contribution >= 0.6 is 0 Å². The zero-order valence-corrected chi connectivity index (χ0v) is 14.0. The molecule has 0 bridgehead atoms. The van der Waals surface area contributed by atoms with Crippen LogP contribution in [0.3, 0.4) is 0 Å². The number of nitrogens with zero attached hydrogens (tertiary/aromatic N) is 1. The van der Waals surface area contributed by atoms with Crippen LogP contribution in [0.5, 0.6) is 0 Å². The normalized spacial score (nSPS) is 11.9. The lowest BCUT2D eigenvalue weighted by molar-refractivity contribution is 0.0730. The molecule has 0 aliphatic carbocycles. The van der Waals surface area contributed by atoms with Crippen molar-refractivity contribution in [2.45, 2.75) is 26.3 Å². The first-order valence-corrected chi connectivity index (χ1v) is 7.98. The highest BCUT2D eigenvalue weighted by Gasteiger charge is 2.18. The standard InChI is InChI=1S/C19H22N2O3/c1-14(2)12-23-13-17(18-4-3-11-24-18)21-19(22)16-7-5-15(6-8-16)9-10-20/h3-8,11,14,17H,9,12-13H2,1-2H3,(H,21,22). The number of nitrogens with one attached hydrogen (secondary N) is 1. The number of nitriles is 1. The Hall–Kier alpha value is -2.58. The Balaban J connectivity index is 2.02. The number of hydrogen-bond acceptors (Lipinski definition) is 4. The lowest BCUT2D eigenvalue weighted by Gasteiger charge is -2.18. The number of ether oxygens (including phenoxy) is 1. The van der Waals surface area contributed by atoms with Gasteiger partial charge in [-0.25, -0.2) is 0 Å². The van der Waals surface area contributed by atoms with Crippen LogP contribution in [0.2, 0.25) is 0 Å². The highest BCUT2D eigenvalue weighted by atomic mass is 16.5. The van der Waals surface area contributed by atoms with Crippen LogP contribution in [0, 0.1) is 17.2 Å². The summed E-state index contributed by atoms with van der Waals surface area (Å²) >= 11 is 0. The van der Waals surface area contributed by atoms with Crippen LogP contribution in [0.25, 0.3) is 0 Å². The van der Waals surface area contributed by atoms with Gasteiger partial charge in [0.2, 0.25) is 0 Å². The monoisotopic (exact) mass is 326 g/mol. The fourth-order valence-electron chi connectivity index (χ4n) is 2.21. The van der Waals surface area contributed by atoms with Crippen LogP contribution in [0.1, 0.15) is 41.6 Å². The summed E-state index contributed by atoms with van der Waals surface area (Å²) in [6, 6.07) is 12.4. The molecule has 126 valence electrons. The van der Waals surface area contributed by atoms with Gasteiger partial charge < -0.3 is 14.5 Å². The predicted octanol–water partition coefficient (Wildman–Crippen LogP) is 3.49. The number of carbonyl (C=O) groups is 1. The molecule has 1 atom stereocenters. The fraction of sp³-hybridized carbons (Fsp3) is 0.368. The number of carbonyl (C=O) groups excluding carboxylic acids is 1. The van der Waals surface area contributed by atoms with E-state index in [4.69, 9.17) is 14.4 Å². The summed E-state index contributed by atoms with van der Waals surface area (Å²) in [6.07, 6.45) is 1.91. The molecule has 0 spiro atoms. The zero-order valence-electron chi connectivity index (χ0n) is 14.0. The molecule has 2 rings (SSSR count). The van der Waals surface area contributed by atoms with Gasteiger partial charge >= 0.3 is 0 Å². The first-order valence-electron chi connectivity index (χ1n) is 7.98. The second kappa shape index (κ2) is 8.90. The van der Waals surface area contributed by atoms with Crippen molar-refractivity contribution in [2.24, 2.45) is 5.92 Å².